The SMILES string of the molecule is CNC(=O)c1cccc(-c2nn(C)c3cnc4cc(OC)c(OCc5ccccc5)cc4c23)c1.COc1cc2ncc3c(c(-c4ccc(-c5ccn[nH]5)cc4)nn3C)c2cc1C1=CCN=C1.COc1cc2ncc3c(c(-c4ccc(C#N)cc4F)nn3C)c2cc1C1=CCN=C1.COc1cc2ncc3c(c(-c4cccc(CC(N)=O)c4)nn3C)c2cc1OCc1ccccc1. The summed E-state index contributed by atoms with van der Waals surface area (Å²) in [6.07, 6.45) is 17.0. The molecule has 0 saturated carbocycles. The van der Waals surface area contributed by atoms with E-state index in [0.717, 1.165) is 177 Å². The number of carbonyl (C=O) groups is 2. The van der Waals surface area contributed by atoms with Crippen molar-refractivity contribution in [3.05, 3.63) is 294 Å². The highest BCUT2D eigenvalue weighted by Gasteiger charge is 2.26. The number of aryl methyl sites for hydroxylation is 4. The fraction of sp³-hybridized carbons (Fsp3) is 0.137. The molecule has 0 radical (unpaired) electrons. The summed E-state index contributed by atoms with van der Waals surface area (Å²) >= 11 is 0. The van der Waals surface area contributed by atoms with E-state index in [1.54, 1.807) is 88.7 Å². The van der Waals surface area contributed by atoms with Gasteiger partial charge in [-0.15, -0.1) is 0 Å². The van der Waals surface area contributed by atoms with Crippen molar-refractivity contribution in [3.63, 3.8) is 0 Å². The quantitative estimate of drug-likeness (QED) is 0.0638. The lowest BCUT2D eigenvalue weighted by molar-refractivity contribution is -0.117. The summed E-state index contributed by atoms with van der Waals surface area (Å²) in [4.78, 5) is 50.8. The van der Waals surface area contributed by atoms with Crippen LogP contribution < -0.4 is 39.5 Å². The number of nitrogens with two attached hydrogens (primary N) is 1. The number of hydrogen-bond acceptors (Lipinski definition) is 20. The number of primary amides is 1. The van der Waals surface area contributed by atoms with Crippen molar-refractivity contribution in [1.82, 2.24) is 74.6 Å². The van der Waals surface area contributed by atoms with Crippen LogP contribution in [0, 0.1) is 17.1 Å². The van der Waals surface area contributed by atoms with Crippen molar-refractivity contribution in [1.29, 1.82) is 5.26 Å². The number of aliphatic imine (C=N–C) groups is 2. The molecule has 2 aliphatic heterocycles. The maximum absolute atomic E-state index is 14.8. The Morgan fingerprint density at radius 1 is 0.454 bits per heavy atom. The van der Waals surface area contributed by atoms with Crippen molar-refractivity contribution in [2.75, 3.05) is 48.6 Å². The van der Waals surface area contributed by atoms with E-state index in [-0.39, 0.29) is 23.8 Å². The maximum atomic E-state index is 14.8. The summed E-state index contributed by atoms with van der Waals surface area (Å²) in [5, 5.41) is 45.2. The van der Waals surface area contributed by atoms with Gasteiger partial charge in [0.25, 0.3) is 5.91 Å². The van der Waals surface area contributed by atoms with Gasteiger partial charge in [-0.3, -0.25) is 63.3 Å². The summed E-state index contributed by atoms with van der Waals surface area (Å²) in [6, 6.07) is 67.6. The lowest BCUT2D eigenvalue weighted by atomic mass is 9.98. The van der Waals surface area contributed by atoms with Crippen molar-refractivity contribution in [2.45, 2.75) is 19.6 Å². The van der Waals surface area contributed by atoms with E-state index in [1.807, 2.05) is 219 Å². The molecule has 0 bridgehead atoms. The molecule has 21 rings (SSSR count). The molecule has 10 aromatic carbocycles. The predicted molar refractivity (Wildman–Crippen MR) is 505 cm³/mol. The van der Waals surface area contributed by atoms with Gasteiger partial charge >= 0.3 is 0 Å². The van der Waals surface area contributed by atoms with E-state index < -0.39 is 5.82 Å². The van der Waals surface area contributed by atoms with Gasteiger partial charge in [-0.05, 0) is 89.0 Å². The highest BCUT2D eigenvalue weighted by atomic mass is 19.1. The number of nitrogens with one attached hydrogen (secondary N) is 2. The summed E-state index contributed by atoms with van der Waals surface area (Å²) in [6.45, 7) is 2.16. The first kappa shape index (κ1) is 83.8. The van der Waals surface area contributed by atoms with Crippen LogP contribution in [0.1, 0.15) is 43.7 Å². The van der Waals surface area contributed by atoms with Gasteiger partial charge < -0.3 is 39.5 Å². The molecular weight excluding hydrogens is 1640 g/mol. The Hall–Kier alpha value is -17.1. The molecule has 2 aliphatic rings. The van der Waals surface area contributed by atoms with Gasteiger partial charge in [-0.25, -0.2) is 4.39 Å². The average molecular weight is 1720 g/mol. The van der Waals surface area contributed by atoms with Crippen LogP contribution in [0.15, 0.2) is 259 Å². The number of allylic oxidation sites excluding steroid dienone is 2. The van der Waals surface area contributed by atoms with Crippen LogP contribution in [0.3, 0.4) is 0 Å². The second-order valence-corrected chi connectivity index (χ2v) is 30.9. The van der Waals surface area contributed by atoms with Crippen LogP contribution in [0.4, 0.5) is 4.39 Å². The molecule has 0 fully saturated rings. The summed E-state index contributed by atoms with van der Waals surface area (Å²) < 4.78 is 56.8. The van der Waals surface area contributed by atoms with Crippen LogP contribution in [0.25, 0.3) is 155 Å². The molecule has 19 aromatic rings. The van der Waals surface area contributed by atoms with Crippen LogP contribution in [0.2, 0.25) is 0 Å². The fourth-order valence-electron chi connectivity index (χ4n) is 16.4. The Bertz CT molecular complexity index is 7830. The lowest BCUT2D eigenvalue weighted by Crippen LogP contribution is -2.17. The second-order valence-electron chi connectivity index (χ2n) is 30.9. The summed E-state index contributed by atoms with van der Waals surface area (Å²) in [5.41, 5.74) is 28.1. The zero-order valence-electron chi connectivity index (χ0n) is 72.2. The molecule has 0 aliphatic carbocycles. The van der Waals surface area contributed by atoms with Crippen molar-refractivity contribution >= 4 is 123 Å². The van der Waals surface area contributed by atoms with Crippen LogP contribution in [-0.4, -0.2) is 142 Å². The highest BCUT2D eigenvalue weighted by Crippen LogP contribution is 2.45. The molecule has 130 heavy (non-hydrogen) atoms. The second kappa shape index (κ2) is 36.2. The molecule has 0 saturated heterocycles. The smallest absolute Gasteiger partial charge is 0.251 e. The van der Waals surface area contributed by atoms with Crippen LogP contribution in [0.5, 0.6) is 34.5 Å². The van der Waals surface area contributed by atoms with Gasteiger partial charge in [0.2, 0.25) is 5.91 Å². The number of benzene rings is 10. The first-order valence-corrected chi connectivity index (χ1v) is 41.5. The molecule has 0 spiro atoms. The topological polar surface area (TPSA) is 328 Å². The van der Waals surface area contributed by atoms with Crippen molar-refractivity contribution in [2.24, 2.45) is 43.9 Å². The fourth-order valence-corrected chi connectivity index (χ4v) is 16.4. The number of nitriles is 1. The number of amides is 2. The monoisotopic (exact) mass is 1720 g/mol. The Balaban J connectivity index is 0.000000117. The molecule has 642 valence electrons. The standard InChI is InChI=1S/2C27H24N4O3.C25H20N6O.C23H16FN5O/c1-28-27(32)19-11-7-10-18(12-19)26-25-20-13-24(34-16-17-8-5-4-6-9-17)23(33-3)14-21(20)29-15-22(25)31(2)30-26;1-31-22-15-29-21-14-23(33-2)24(34-16-17-7-4-3-5-8-17)13-20(21)26(22)27(30-31)19-10-6-9-18(11-19)12-25(28)32;1-31-22-14-27-21-12-23(32-2)18(17-7-9-26-13-17)11-19(21)24(22)25(30-31)16-5-3-15(4-6-16)20-8-10-28-29-20;1-29-20-12-27-19-9-21(30-2)16(14-5-6-26-11-14)8-17(19)22(20)23(28-29)15-4-3-13(10-25)7-18(15)24/h4-15H,16H2,1-3H3,(H,28,32);3-11,13-15H,12,16H2,1-2H3,(H2,28,32);3-8,10-14H,9H2,1-2H3,(H,28,29);3-5,7-9,11-12H,6H2,1-2H3. The molecule has 0 atom stereocenters. The minimum absolute atomic E-state index is 0.144. The van der Waals surface area contributed by atoms with Gasteiger partial charge in [-0.1, -0.05) is 127 Å². The van der Waals surface area contributed by atoms with Gasteiger partial charge in [0.05, 0.1) is 134 Å². The minimum Gasteiger partial charge on any atom is -0.496 e. The van der Waals surface area contributed by atoms with E-state index in [4.69, 9.17) is 59.7 Å². The minimum atomic E-state index is -0.488. The number of pyridine rings is 4. The van der Waals surface area contributed by atoms with Crippen LogP contribution >= 0.6 is 0 Å². The van der Waals surface area contributed by atoms with Crippen molar-refractivity contribution < 1.29 is 42.4 Å². The molecule has 28 heteroatoms. The van der Waals surface area contributed by atoms with E-state index in [0.29, 0.717) is 71.9 Å². The predicted octanol–water partition coefficient (Wildman–Crippen LogP) is 18.1. The number of ether oxygens (including phenoxy) is 6. The molecular formula is C102H84FN19O8. The first-order valence-electron chi connectivity index (χ1n) is 41.5. The third-order valence-corrected chi connectivity index (χ3v) is 22.9. The third kappa shape index (κ3) is 16.5. The number of halogens is 1. The summed E-state index contributed by atoms with van der Waals surface area (Å²) in [5.74, 6) is 2.97. The van der Waals surface area contributed by atoms with Gasteiger partial charge in [-0.2, -0.15) is 30.8 Å². The lowest BCUT2D eigenvalue weighted by Gasteiger charge is -2.13. The highest BCUT2D eigenvalue weighted by molar-refractivity contribution is 6.20. The number of hydrogen-bond donors (Lipinski definition) is 3. The molecule has 11 heterocycles. The number of aromatic nitrogens is 14. The number of fused-ring (bicyclic) bond motifs is 12. The first-order chi connectivity index (χ1) is 63.4. The normalized spacial score (nSPS) is 12.1. The van der Waals surface area contributed by atoms with E-state index in [1.165, 1.54) is 6.07 Å². The van der Waals surface area contributed by atoms with E-state index in [2.05, 4.69) is 82.0 Å². The Labute approximate surface area is 743 Å². The Morgan fingerprint density at radius 3 is 1.32 bits per heavy atom. The number of methoxy groups -OCH3 is 4. The van der Waals surface area contributed by atoms with Gasteiger partial charge in [0, 0.05) is 171 Å². The van der Waals surface area contributed by atoms with E-state index in [9.17, 15) is 14.0 Å². The zero-order valence-corrected chi connectivity index (χ0v) is 72.2. The molecule has 4 N–H and O–H groups in total. The molecule has 2 amide bonds. The maximum Gasteiger partial charge on any atom is 0.251 e. The largest absolute Gasteiger partial charge is 0.496 e. The molecule has 0 unspecified atom stereocenters. The molecule has 27 nitrogen and oxygen atoms in total. The average Bonchev–Trinajstić information content (AvgIpc) is 1.60. The Kier molecular flexibility index (Phi) is 23.4. The Morgan fingerprint density at radius 2 is 0.885 bits per heavy atom. The van der Waals surface area contributed by atoms with Gasteiger partial charge in [0.15, 0.2) is 23.0 Å². The van der Waals surface area contributed by atoms with E-state index >= 15 is 0 Å². The number of nitrogens with zero attached hydrogens (tertiary/aromatic N) is 16. The van der Waals surface area contributed by atoms with Crippen LogP contribution in [-0.2, 0) is 52.6 Å². The van der Waals surface area contributed by atoms with Gasteiger partial charge in [0.1, 0.15) is 53.3 Å². The number of rotatable bonds is 20. The zero-order chi connectivity index (χ0) is 89.8. The third-order valence-electron chi connectivity index (χ3n) is 22.9. The number of aromatic amines is 1. The van der Waals surface area contributed by atoms with Crippen molar-refractivity contribution in [3.8, 4) is 96.9 Å². The molecule has 9 aromatic heterocycles. The number of carbonyl (C=O) groups excluding carboxylic acids is 2. The number of H-pyrrole nitrogens is 1. The summed E-state index contributed by atoms with van der Waals surface area (Å²) in [7, 11) is 15.7.